The number of benzene rings is 2. The second-order valence-corrected chi connectivity index (χ2v) is 5.01. The third-order valence-corrected chi connectivity index (χ3v) is 3.56. The van der Waals surface area contributed by atoms with Crippen LogP contribution in [0.25, 0.3) is 10.8 Å². The van der Waals surface area contributed by atoms with E-state index < -0.39 is 0 Å². The Morgan fingerprint density at radius 1 is 1.05 bits per heavy atom. The number of rotatable bonds is 3. The minimum Gasteiger partial charge on any atom is -0.271 e. The molecule has 3 N–H and O–H groups in total. The molecular formula is C16H14ClN3. The molecule has 0 spiro atoms. The van der Waals surface area contributed by atoms with Gasteiger partial charge in [-0.25, -0.2) is 5.43 Å². The van der Waals surface area contributed by atoms with Gasteiger partial charge < -0.3 is 0 Å². The third-order valence-electron chi connectivity index (χ3n) is 3.33. The molecule has 1 atom stereocenters. The van der Waals surface area contributed by atoms with Crippen LogP contribution in [0.1, 0.15) is 17.3 Å². The van der Waals surface area contributed by atoms with Crippen molar-refractivity contribution < 1.29 is 0 Å². The van der Waals surface area contributed by atoms with E-state index in [2.05, 4.69) is 16.5 Å². The monoisotopic (exact) mass is 283 g/mol. The van der Waals surface area contributed by atoms with Crippen LogP contribution in [0.3, 0.4) is 0 Å². The fraction of sp³-hybridized carbons (Fsp3) is 0.0625. The lowest BCUT2D eigenvalue weighted by atomic mass is 9.99. The summed E-state index contributed by atoms with van der Waals surface area (Å²) in [7, 11) is 0. The first-order valence-electron chi connectivity index (χ1n) is 6.35. The molecule has 0 saturated heterocycles. The summed E-state index contributed by atoms with van der Waals surface area (Å²) in [6.45, 7) is 0. The van der Waals surface area contributed by atoms with E-state index in [1.54, 1.807) is 6.20 Å². The van der Waals surface area contributed by atoms with Crippen molar-refractivity contribution in [3.63, 3.8) is 0 Å². The van der Waals surface area contributed by atoms with Crippen molar-refractivity contribution in [3.8, 4) is 0 Å². The average molecular weight is 284 g/mol. The Hall–Kier alpha value is -1.94. The Bertz CT molecular complexity index is 737. The van der Waals surface area contributed by atoms with Crippen molar-refractivity contribution in [2.75, 3.05) is 0 Å². The fourth-order valence-corrected chi connectivity index (χ4v) is 2.59. The van der Waals surface area contributed by atoms with Gasteiger partial charge in [0.15, 0.2) is 0 Å². The highest BCUT2D eigenvalue weighted by molar-refractivity contribution is 6.30. The van der Waals surface area contributed by atoms with Crippen molar-refractivity contribution in [2.45, 2.75) is 6.04 Å². The van der Waals surface area contributed by atoms with Crippen molar-refractivity contribution in [2.24, 2.45) is 5.84 Å². The minimum absolute atomic E-state index is 0.195. The van der Waals surface area contributed by atoms with E-state index in [9.17, 15) is 0 Å². The second kappa shape index (κ2) is 5.59. The quantitative estimate of drug-likeness (QED) is 0.572. The minimum atomic E-state index is -0.195. The van der Waals surface area contributed by atoms with Gasteiger partial charge in [0.1, 0.15) is 0 Å². The first-order chi connectivity index (χ1) is 9.79. The molecule has 1 unspecified atom stereocenters. The van der Waals surface area contributed by atoms with Crippen LogP contribution >= 0.6 is 11.6 Å². The molecule has 0 aliphatic heterocycles. The van der Waals surface area contributed by atoms with Crippen LogP contribution in [0.4, 0.5) is 0 Å². The average Bonchev–Trinajstić information content (AvgIpc) is 2.48. The van der Waals surface area contributed by atoms with E-state index in [1.807, 2.05) is 48.5 Å². The predicted molar refractivity (Wildman–Crippen MR) is 82.4 cm³/mol. The first-order valence-corrected chi connectivity index (χ1v) is 6.72. The number of nitrogens with zero attached hydrogens (tertiary/aromatic N) is 1. The highest BCUT2D eigenvalue weighted by atomic mass is 35.5. The van der Waals surface area contributed by atoms with Crippen molar-refractivity contribution >= 4 is 22.4 Å². The largest absolute Gasteiger partial charge is 0.271 e. The number of halogens is 1. The summed E-state index contributed by atoms with van der Waals surface area (Å²) in [6, 6.07) is 17.6. The van der Waals surface area contributed by atoms with Crippen LogP contribution in [0, 0.1) is 0 Å². The van der Waals surface area contributed by atoms with Gasteiger partial charge in [0.05, 0.1) is 11.7 Å². The molecule has 0 radical (unpaired) electrons. The molecule has 0 aliphatic carbocycles. The molecule has 2 aromatic carbocycles. The molecule has 0 fully saturated rings. The van der Waals surface area contributed by atoms with Gasteiger partial charge in [-0.1, -0.05) is 48.0 Å². The third kappa shape index (κ3) is 2.39. The van der Waals surface area contributed by atoms with Gasteiger partial charge >= 0.3 is 0 Å². The number of hydrazine groups is 1. The molecule has 0 aliphatic rings. The van der Waals surface area contributed by atoms with Crippen LogP contribution in [-0.4, -0.2) is 4.98 Å². The number of hydrogen-bond donors (Lipinski definition) is 2. The molecule has 3 rings (SSSR count). The van der Waals surface area contributed by atoms with Gasteiger partial charge in [-0.3, -0.25) is 10.8 Å². The van der Waals surface area contributed by atoms with Gasteiger partial charge in [-0.05, 0) is 29.1 Å². The summed E-state index contributed by atoms with van der Waals surface area (Å²) in [4.78, 5) is 4.50. The highest BCUT2D eigenvalue weighted by Gasteiger charge is 2.16. The molecule has 20 heavy (non-hydrogen) atoms. The Balaban J connectivity index is 2.17. The van der Waals surface area contributed by atoms with Gasteiger partial charge in [0.25, 0.3) is 0 Å². The summed E-state index contributed by atoms with van der Waals surface area (Å²) in [6.07, 6.45) is 1.80. The fourth-order valence-electron chi connectivity index (χ4n) is 2.39. The van der Waals surface area contributed by atoms with E-state index in [4.69, 9.17) is 17.4 Å². The molecular weight excluding hydrogens is 270 g/mol. The smallest absolute Gasteiger partial charge is 0.0888 e. The Kier molecular flexibility index (Phi) is 3.65. The predicted octanol–water partition coefficient (Wildman–Crippen LogP) is 3.44. The van der Waals surface area contributed by atoms with Crippen LogP contribution in [-0.2, 0) is 0 Å². The molecule has 1 heterocycles. The Labute approximate surface area is 122 Å². The van der Waals surface area contributed by atoms with Crippen LogP contribution in [0.15, 0.2) is 60.8 Å². The molecule has 0 amide bonds. The summed E-state index contributed by atoms with van der Waals surface area (Å²) >= 11 is 6.06. The van der Waals surface area contributed by atoms with Crippen molar-refractivity contribution in [1.29, 1.82) is 0 Å². The molecule has 0 bridgehead atoms. The SMILES string of the molecule is NNC(c1cccc(Cl)c1)c1nccc2ccccc12. The maximum Gasteiger partial charge on any atom is 0.0888 e. The zero-order valence-electron chi connectivity index (χ0n) is 10.8. The van der Waals surface area contributed by atoms with Gasteiger partial charge in [-0.15, -0.1) is 0 Å². The zero-order chi connectivity index (χ0) is 13.9. The summed E-state index contributed by atoms with van der Waals surface area (Å²) in [5.74, 6) is 5.74. The maximum absolute atomic E-state index is 6.06. The lowest BCUT2D eigenvalue weighted by Crippen LogP contribution is -2.29. The summed E-state index contributed by atoms with van der Waals surface area (Å²) < 4.78 is 0. The van der Waals surface area contributed by atoms with Crippen LogP contribution in [0.2, 0.25) is 5.02 Å². The number of pyridine rings is 1. The lowest BCUT2D eigenvalue weighted by molar-refractivity contribution is 0.626. The summed E-state index contributed by atoms with van der Waals surface area (Å²) in [5.41, 5.74) is 4.72. The van der Waals surface area contributed by atoms with Gasteiger partial charge in [0.2, 0.25) is 0 Å². The van der Waals surface area contributed by atoms with E-state index in [0.717, 1.165) is 22.0 Å². The van der Waals surface area contributed by atoms with Gasteiger partial charge in [0, 0.05) is 16.6 Å². The summed E-state index contributed by atoms with van der Waals surface area (Å²) in [5, 5.41) is 2.90. The standard InChI is InChI=1S/C16H14ClN3/c17-13-6-3-5-12(10-13)15(20-18)16-14-7-2-1-4-11(14)8-9-19-16/h1-10,15,20H,18H2. The maximum atomic E-state index is 6.06. The Morgan fingerprint density at radius 2 is 1.90 bits per heavy atom. The molecule has 1 aromatic heterocycles. The van der Waals surface area contributed by atoms with Gasteiger partial charge in [-0.2, -0.15) is 0 Å². The molecule has 0 saturated carbocycles. The first kappa shape index (κ1) is 13.1. The van der Waals surface area contributed by atoms with E-state index in [0.29, 0.717) is 5.02 Å². The highest BCUT2D eigenvalue weighted by Crippen LogP contribution is 2.27. The normalized spacial score (nSPS) is 12.5. The number of nitrogens with two attached hydrogens (primary N) is 1. The zero-order valence-corrected chi connectivity index (χ0v) is 11.5. The second-order valence-electron chi connectivity index (χ2n) is 4.57. The molecule has 100 valence electrons. The van der Waals surface area contributed by atoms with E-state index in [-0.39, 0.29) is 6.04 Å². The van der Waals surface area contributed by atoms with E-state index in [1.165, 1.54) is 0 Å². The van der Waals surface area contributed by atoms with Crippen molar-refractivity contribution in [1.82, 2.24) is 10.4 Å². The van der Waals surface area contributed by atoms with Crippen LogP contribution < -0.4 is 11.3 Å². The van der Waals surface area contributed by atoms with Crippen LogP contribution in [0.5, 0.6) is 0 Å². The molecule has 3 nitrogen and oxygen atoms in total. The molecule has 4 heteroatoms. The molecule has 3 aromatic rings. The Morgan fingerprint density at radius 3 is 2.70 bits per heavy atom. The topological polar surface area (TPSA) is 50.9 Å². The van der Waals surface area contributed by atoms with Crippen molar-refractivity contribution in [3.05, 3.63) is 77.1 Å². The number of hydrogen-bond acceptors (Lipinski definition) is 3. The number of fused-ring (bicyclic) bond motifs is 1. The lowest BCUT2D eigenvalue weighted by Gasteiger charge is -2.18. The van der Waals surface area contributed by atoms with E-state index >= 15 is 0 Å². The number of aromatic nitrogens is 1. The number of nitrogens with one attached hydrogen (secondary N) is 1.